The topological polar surface area (TPSA) is 44.3 Å². The molecule has 1 heterocycles. The molecule has 0 spiro atoms. The van der Waals surface area contributed by atoms with Gasteiger partial charge in [0.15, 0.2) is 0 Å². The van der Waals surface area contributed by atoms with E-state index in [1.807, 2.05) is 6.08 Å². The Labute approximate surface area is 91.6 Å². The molecule has 0 aromatic carbocycles. The molecule has 3 nitrogen and oxygen atoms in total. The van der Waals surface area contributed by atoms with E-state index in [0.29, 0.717) is 0 Å². The Kier molecular flexibility index (Phi) is 5.32. The lowest BCUT2D eigenvalue weighted by Crippen LogP contribution is -2.52. The monoisotopic (exact) mass is 208 g/mol. The number of rotatable bonds is 5. The molecule has 0 aliphatic carbocycles. The summed E-state index contributed by atoms with van der Waals surface area (Å²) in [4.78, 5) is 0. The van der Waals surface area contributed by atoms with Crippen LogP contribution in [0.4, 0.5) is 0 Å². The Morgan fingerprint density at radius 2 is 2.33 bits per heavy atom. The smallest absolute Gasteiger partial charge is 0.120 e. The number of piperidine rings is 1. The van der Waals surface area contributed by atoms with Crippen LogP contribution in [0.3, 0.4) is 0 Å². The van der Waals surface area contributed by atoms with Crippen molar-refractivity contribution in [3.8, 4) is 0 Å². The van der Waals surface area contributed by atoms with Crippen LogP contribution in [0.2, 0.25) is 0 Å². The fourth-order valence-corrected chi connectivity index (χ4v) is 1.69. The lowest BCUT2D eigenvalue weighted by Gasteiger charge is -2.29. The molecule has 0 aromatic rings. The molecule has 0 unspecified atom stereocenters. The summed E-state index contributed by atoms with van der Waals surface area (Å²) in [5, 5.41) is 16.0. The summed E-state index contributed by atoms with van der Waals surface area (Å²) in [5.41, 5.74) is 1.09. The Bertz CT molecular complexity index is 248. The molecule has 1 saturated heterocycles. The Morgan fingerprint density at radius 1 is 1.53 bits per heavy atom. The van der Waals surface area contributed by atoms with Gasteiger partial charge >= 0.3 is 0 Å². The van der Waals surface area contributed by atoms with Crippen molar-refractivity contribution in [2.24, 2.45) is 0 Å². The van der Waals surface area contributed by atoms with E-state index in [9.17, 15) is 5.11 Å². The molecule has 0 saturated carbocycles. The highest BCUT2D eigenvalue weighted by molar-refractivity contribution is 5.22. The predicted molar refractivity (Wildman–Crippen MR) is 63.5 cm³/mol. The molecule has 84 valence electrons. The highest BCUT2D eigenvalue weighted by Crippen LogP contribution is 2.07. The largest absolute Gasteiger partial charge is 0.377 e. The number of allylic oxidation sites excluding steroid dienone is 2. The zero-order chi connectivity index (χ0) is 11.1. The van der Waals surface area contributed by atoms with E-state index in [1.165, 1.54) is 0 Å². The van der Waals surface area contributed by atoms with Gasteiger partial charge in [-0.25, -0.2) is 0 Å². The molecular weight excluding hydrogens is 188 g/mol. The first kappa shape index (κ1) is 12.2. The van der Waals surface area contributed by atoms with Crippen molar-refractivity contribution in [3.05, 3.63) is 37.0 Å². The van der Waals surface area contributed by atoms with Crippen molar-refractivity contribution in [2.75, 3.05) is 13.1 Å². The van der Waals surface area contributed by atoms with E-state index >= 15 is 0 Å². The van der Waals surface area contributed by atoms with Crippen LogP contribution in [0.25, 0.3) is 0 Å². The highest BCUT2D eigenvalue weighted by Gasteiger charge is 2.21. The average molecular weight is 208 g/mol. The van der Waals surface area contributed by atoms with Crippen LogP contribution >= 0.6 is 0 Å². The summed E-state index contributed by atoms with van der Waals surface area (Å²) in [6, 6.07) is 0.131. The van der Waals surface area contributed by atoms with E-state index in [0.717, 1.165) is 31.5 Å². The quantitative estimate of drug-likeness (QED) is 0.589. The molecule has 0 bridgehead atoms. The van der Waals surface area contributed by atoms with Gasteiger partial charge < -0.3 is 10.4 Å². The fraction of sp³-hybridized carbons (Fsp3) is 0.500. The maximum Gasteiger partial charge on any atom is 0.120 e. The van der Waals surface area contributed by atoms with E-state index in [1.54, 1.807) is 12.2 Å². The summed E-state index contributed by atoms with van der Waals surface area (Å²) in [7, 11) is 0. The number of aliphatic hydroxyl groups excluding tert-OH is 1. The third-order valence-corrected chi connectivity index (χ3v) is 2.59. The summed E-state index contributed by atoms with van der Waals surface area (Å²) in [6.45, 7) is 8.99. The van der Waals surface area contributed by atoms with Crippen molar-refractivity contribution in [3.63, 3.8) is 0 Å². The normalized spacial score (nSPS) is 27.4. The van der Waals surface area contributed by atoms with Gasteiger partial charge in [0.2, 0.25) is 0 Å². The summed E-state index contributed by atoms with van der Waals surface area (Å²) in [5.74, 6) is 0. The van der Waals surface area contributed by atoms with E-state index in [2.05, 4.69) is 23.8 Å². The van der Waals surface area contributed by atoms with Gasteiger partial charge in [-0.3, -0.25) is 5.32 Å². The first-order valence-corrected chi connectivity index (χ1v) is 5.36. The SMILES string of the molecule is C=C/C=C(\C=C)CN[C@H]1CCCN[C@H]1O. The minimum Gasteiger partial charge on any atom is -0.377 e. The van der Waals surface area contributed by atoms with Gasteiger partial charge in [0.05, 0.1) is 0 Å². The molecule has 15 heavy (non-hydrogen) atoms. The van der Waals surface area contributed by atoms with E-state index < -0.39 is 6.23 Å². The van der Waals surface area contributed by atoms with Gasteiger partial charge in [0.25, 0.3) is 0 Å². The summed E-state index contributed by atoms with van der Waals surface area (Å²) in [6.07, 6.45) is 7.14. The summed E-state index contributed by atoms with van der Waals surface area (Å²) < 4.78 is 0. The second-order valence-electron chi connectivity index (χ2n) is 3.71. The zero-order valence-electron chi connectivity index (χ0n) is 9.08. The van der Waals surface area contributed by atoms with Crippen molar-refractivity contribution < 1.29 is 5.11 Å². The third kappa shape index (κ3) is 4.00. The zero-order valence-corrected chi connectivity index (χ0v) is 9.08. The van der Waals surface area contributed by atoms with Gasteiger partial charge in [-0.2, -0.15) is 0 Å². The number of hydrogen-bond acceptors (Lipinski definition) is 3. The molecule has 1 aliphatic heterocycles. The van der Waals surface area contributed by atoms with Crippen LogP contribution in [0.15, 0.2) is 37.0 Å². The first-order chi connectivity index (χ1) is 7.27. The van der Waals surface area contributed by atoms with E-state index in [-0.39, 0.29) is 6.04 Å². The lowest BCUT2D eigenvalue weighted by atomic mass is 10.1. The minimum atomic E-state index is -0.437. The maximum atomic E-state index is 9.65. The van der Waals surface area contributed by atoms with Gasteiger partial charge in [-0.05, 0) is 25.0 Å². The lowest BCUT2D eigenvalue weighted by molar-refractivity contribution is 0.0722. The Hall–Kier alpha value is -0.900. The molecule has 0 radical (unpaired) electrons. The molecule has 1 aliphatic rings. The third-order valence-electron chi connectivity index (χ3n) is 2.59. The average Bonchev–Trinajstić information content (AvgIpc) is 2.26. The standard InChI is InChI=1S/C12H20N2O/c1-3-6-10(4-2)9-14-11-7-5-8-13-12(11)15/h3-4,6,11-15H,1-2,5,7-9H2/b10-6+/t11-,12-/m0/s1. The molecule has 0 aromatic heterocycles. The Balaban J connectivity index is 2.37. The number of aliphatic hydroxyl groups is 1. The van der Waals surface area contributed by atoms with Crippen LogP contribution in [-0.4, -0.2) is 30.5 Å². The molecular formula is C12H20N2O. The van der Waals surface area contributed by atoms with E-state index in [4.69, 9.17) is 0 Å². The van der Waals surface area contributed by atoms with Crippen molar-refractivity contribution >= 4 is 0 Å². The number of hydrogen-bond donors (Lipinski definition) is 3. The second kappa shape index (κ2) is 6.56. The molecule has 3 N–H and O–H groups in total. The Morgan fingerprint density at radius 3 is 2.93 bits per heavy atom. The van der Waals surface area contributed by atoms with Gasteiger partial charge in [0, 0.05) is 12.6 Å². The highest BCUT2D eigenvalue weighted by atomic mass is 16.3. The molecule has 2 atom stereocenters. The van der Waals surface area contributed by atoms with Crippen LogP contribution < -0.4 is 10.6 Å². The molecule has 3 heteroatoms. The van der Waals surface area contributed by atoms with Crippen molar-refractivity contribution in [1.82, 2.24) is 10.6 Å². The summed E-state index contributed by atoms with van der Waals surface area (Å²) >= 11 is 0. The van der Waals surface area contributed by atoms with Gasteiger partial charge in [0.1, 0.15) is 6.23 Å². The van der Waals surface area contributed by atoms with Crippen LogP contribution in [0.1, 0.15) is 12.8 Å². The first-order valence-electron chi connectivity index (χ1n) is 5.36. The van der Waals surface area contributed by atoms with Crippen LogP contribution in [0, 0.1) is 0 Å². The maximum absolute atomic E-state index is 9.65. The minimum absolute atomic E-state index is 0.131. The van der Waals surface area contributed by atoms with Crippen molar-refractivity contribution in [2.45, 2.75) is 25.1 Å². The van der Waals surface area contributed by atoms with Crippen LogP contribution in [0.5, 0.6) is 0 Å². The van der Waals surface area contributed by atoms with Gasteiger partial charge in [-0.1, -0.05) is 31.4 Å². The van der Waals surface area contributed by atoms with Gasteiger partial charge in [-0.15, -0.1) is 0 Å². The molecule has 1 fully saturated rings. The van der Waals surface area contributed by atoms with Crippen molar-refractivity contribution in [1.29, 1.82) is 0 Å². The molecule has 1 rings (SSSR count). The fourth-order valence-electron chi connectivity index (χ4n) is 1.69. The predicted octanol–water partition coefficient (Wildman–Crippen LogP) is 0.945. The number of nitrogens with one attached hydrogen (secondary N) is 2. The van der Waals surface area contributed by atoms with Crippen LogP contribution in [-0.2, 0) is 0 Å². The molecule has 0 amide bonds. The second-order valence-corrected chi connectivity index (χ2v) is 3.71.